The minimum atomic E-state index is -0.0640. The second kappa shape index (κ2) is 6.66. The number of hydrogen-bond acceptors (Lipinski definition) is 3. The van der Waals surface area contributed by atoms with Gasteiger partial charge in [-0.2, -0.15) is 0 Å². The molecule has 0 saturated carbocycles. The van der Waals surface area contributed by atoms with Crippen LogP contribution in [0.1, 0.15) is 20.3 Å². The number of hydrogen-bond donors (Lipinski definition) is 2. The van der Waals surface area contributed by atoms with Crippen molar-refractivity contribution in [3.8, 4) is 0 Å². The summed E-state index contributed by atoms with van der Waals surface area (Å²) in [6.45, 7) is 10.4. The molecule has 1 heterocycles. The Kier molecular flexibility index (Phi) is 5.49. The van der Waals surface area contributed by atoms with E-state index >= 15 is 0 Å². The highest BCUT2D eigenvalue weighted by Gasteiger charge is 2.33. The number of carbonyl (C=O) groups excluding carboxylic acids is 1. The number of nitrogens with one attached hydrogen (secondary N) is 2. The van der Waals surface area contributed by atoms with Gasteiger partial charge >= 0.3 is 0 Å². The highest BCUT2D eigenvalue weighted by Crippen LogP contribution is 2.13. The van der Waals surface area contributed by atoms with Crippen LogP contribution in [0.15, 0.2) is 12.2 Å². The van der Waals surface area contributed by atoms with Crippen molar-refractivity contribution in [3.05, 3.63) is 12.2 Å². The topological polar surface area (TPSA) is 50.4 Å². The second-order valence-electron chi connectivity index (χ2n) is 4.38. The Bertz CT molecular complexity index is 253. The summed E-state index contributed by atoms with van der Waals surface area (Å²) in [5.41, 5.74) is 0.963. The maximum absolute atomic E-state index is 11.9. The van der Waals surface area contributed by atoms with Crippen LogP contribution in [0, 0.1) is 5.92 Å². The summed E-state index contributed by atoms with van der Waals surface area (Å²) in [4.78, 5) is 11.9. The van der Waals surface area contributed by atoms with Gasteiger partial charge in [-0.3, -0.25) is 4.79 Å². The summed E-state index contributed by atoms with van der Waals surface area (Å²) in [7, 11) is 0. The predicted octanol–water partition coefficient (Wildman–Crippen LogP) is 0.693. The molecule has 4 nitrogen and oxygen atoms in total. The van der Waals surface area contributed by atoms with Gasteiger partial charge in [0.2, 0.25) is 5.91 Å². The maximum Gasteiger partial charge on any atom is 0.227 e. The molecule has 2 unspecified atom stereocenters. The van der Waals surface area contributed by atoms with Crippen LogP contribution in [0.25, 0.3) is 0 Å². The van der Waals surface area contributed by atoms with Crippen molar-refractivity contribution < 1.29 is 9.53 Å². The lowest BCUT2D eigenvalue weighted by atomic mass is 10.0. The molecule has 16 heavy (non-hydrogen) atoms. The molecule has 0 aromatic carbocycles. The van der Waals surface area contributed by atoms with Crippen molar-refractivity contribution in [2.24, 2.45) is 5.92 Å². The largest absolute Gasteiger partial charge is 0.379 e. The standard InChI is InChI=1S/C12H22N2O2/c1-4-5-13-11-8-16-7-10(11)12(15)14-6-9(2)3/h10-11,13H,2,4-8H2,1,3H3,(H,14,15). The molecule has 1 rings (SSSR count). The van der Waals surface area contributed by atoms with E-state index in [2.05, 4.69) is 24.1 Å². The summed E-state index contributed by atoms with van der Waals surface area (Å²) < 4.78 is 5.35. The zero-order chi connectivity index (χ0) is 12.0. The molecule has 0 aromatic heterocycles. The molecular formula is C12H22N2O2. The number of ether oxygens (including phenoxy) is 1. The molecule has 1 aliphatic rings. The van der Waals surface area contributed by atoms with Gasteiger partial charge in [0, 0.05) is 12.6 Å². The van der Waals surface area contributed by atoms with Crippen LogP contribution in [-0.2, 0) is 9.53 Å². The van der Waals surface area contributed by atoms with E-state index in [9.17, 15) is 4.79 Å². The molecule has 1 saturated heterocycles. The third-order valence-electron chi connectivity index (χ3n) is 2.64. The van der Waals surface area contributed by atoms with E-state index < -0.39 is 0 Å². The van der Waals surface area contributed by atoms with Crippen LogP contribution in [-0.4, -0.2) is 38.3 Å². The van der Waals surface area contributed by atoms with Crippen molar-refractivity contribution >= 4 is 5.91 Å². The summed E-state index contributed by atoms with van der Waals surface area (Å²) in [5.74, 6) is 0.00000283. The summed E-state index contributed by atoms with van der Waals surface area (Å²) in [6.07, 6.45) is 1.07. The van der Waals surface area contributed by atoms with Gasteiger partial charge in [0.15, 0.2) is 0 Å². The average molecular weight is 226 g/mol. The smallest absolute Gasteiger partial charge is 0.227 e. The van der Waals surface area contributed by atoms with E-state index in [0.29, 0.717) is 19.8 Å². The number of carbonyl (C=O) groups is 1. The Morgan fingerprint density at radius 2 is 2.25 bits per heavy atom. The predicted molar refractivity (Wildman–Crippen MR) is 64.2 cm³/mol. The van der Waals surface area contributed by atoms with E-state index in [1.165, 1.54) is 0 Å². The molecule has 0 radical (unpaired) electrons. The van der Waals surface area contributed by atoms with Gasteiger partial charge in [-0.15, -0.1) is 0 Å². The molecule has 2 N–H and O–H groups in total. The molecule has 0 spiro atoms. The minimum Gasteiger partial charge on any atom is -0.379 e. The molecule has 2 atom stereocenters. The van der Waals surface area contributed by atoms with E-state index in [4.69, 9.17) is 4.74 Å². The first-order chi connectivity index (χ1) is 7.65. The van der Waals surface area contributed by atoms with Crippen molar-refractivity contribution in [2.45, 2.75) is 26.3 Å². The molecule has 1 amide bonds. The maximum atomic E-state index is 11.9. The Balaban J connectivity index is 2.37. The van der Waals surface area contributed by atoms with E-state index in [1.54, 1.807) is 0 Å². The first-order valence-electron chi connectivity index (χ1n) is 5.88. The molecule has 0 bridgehead atoms. The Labute approximate surface area is 97.4 Å². The van der Waals surface area contributed by atoms with Gasteiger partial charge in [0.05, 0.1) is 19.1 Å². The third kappa shape index (κ3) is 3.94. The fourth-order valence-electron chi connectivity index (χ4n) is 1.71. The quantitative estimate of drug-likeness (QED) is 0.655. The van der Waals surface area contributed by atoms with E-state index in [0.717, 1.165) is 18.5 Å². The Hall–Kier alpha value is -0.870. The average Bonchev–Trinajstić information content (AvgIpc) is 2.71. The van der Waals surface area contributed by atoms with Crippen molar-refractivity contribution in [3.63, 3.8) is 0 Å². The van der Waals surface area contributed by atoms with Crippen LogP contribution in [0.2, 0.25) is 0 Å². The van der Waals surface area contributed by atoms with Crippen LogP contribution >= 0.6 is 0 Å². The van der Waals surface area contributed by atoms with Crippen molar-refractivity contribution in [1.82, 2.24) is 10.6 Å². The lowest BCUT2D eigenvalue weighted by molar-refractivity contribution is -0.125. The fourth-order valence-corrected chi connectivity index (χ4v) is 1.71. The highest BCUT2D eigenvalue weighted by molar-refractivity contribution is 5.80. The molecule has 4 heteroatoms. The summed E-state index contributed by atoms with van der Waals surface area (Å²) in [5, 5.41) is 6.21. The van der Waals surface area contributed by atoms with E-state index in [1.807, 2.05) is 6.92 Å². The zero-order valence-corrected chi connectivity index (χ0v) is 10.2. The fraction of sp³-hybridized carbons (Fsp3) is 0.750. The summed E-state index contributed by atoms with van der Waals surface area (Å²) >= 11 is 0. The van der Waals surface area contributed by atoms with Crippen LogP contribution in [0.3, 0.4) is 0 Å². The van der Waals surface area contributed by atoms with Crippen LogP contribution in [0.4, 0.5) is 0 Å². The Morgan fingerprint density at radius 3 is 2.88 bits per heavy atom. The van der Waals surface area contributed by atoms with Gasteiger partial charge in [-0.25, -0.2) is 0 Å². The van der Waals surface area contributed by atoms with E-state index in [-0.39, 0.29) is 17.9 Å². The van der Waals surface area contributed by atoms with Gasteiger partial charge in [0.25, 0.3) is 0 Å². The van der Waals surface area contributed by atoms with Crippen molar-refractivity contribution in [1.29, 1.82) is 0 Å². The number of rotatable bonds is 6. The van der Waals surface area contributed by atoms with Crippen molar-refractivity contribution in [2.75, 3.05) is 26.3 Å². The number of amides is 1. The van der Waals surface area contributed by atoms with Gasteiger partial charge in [-0.05, 0) is 19.9 Å². The highest BCUT2D eigenvalue weighted by atomic mass is 16.5. The molecule has 1 fully saturated rings. The Morgan fingerprint density at radius 1 is 1.50 bits per heavy atom. The first kappa shape index (κ1) is 13.2. The van der Waals surface area contributed by atoms with Gasteiger partial charge < -0.3 is 15.4 Å². The zero-order valence-electron chi connectivity index (χ0n) is 10.2. The normalized spacial score (nSPS) is 24.4. The monoisotopic (exact) mass is 226 g/mol. The molecule has 1 aliphatic heterocycles. The lowest BCUT2D eigenvalue weighted by Gasteiger charge is -2.18. The lowest BCUT2D eigenvalue weighted by Crippen LogP contribution is -2.44. The van der Waals surface area contributed by atoms with Gasteiger partial charge in [0.1, 0.15) is 0 Å². The molecule has 0 aromatic rings. The first-order valence-corrected chi connectivity index (χ1v) is 5.88. The molecule has 0 aliphatic carbocycles. The second-order valence-corrected chi connectivity index (χ2v) is 4.38. The van der Waals surface area contributed by atoms with Crippen LogP contribution < -0.4 is 10.6 Å². The SMILES string of the molecule is C=C(C)CNC(=O)C1COCC1NCCC. The summed E-state index contributed by atoms with van der Waals surface area (Å²) in [6, 6.07) is 0.157. The van der Waals surface area contributed by atoms with Crippen LogP contribution in [0.5, 0.6) is 0 Å². The molecule has 92 valence electrons. The minimum absolute atomic E-state index is 0.0640. The van der Waals surface area contributed by atoms with Gasteiger partial charge in [-0.1, -0.05) is 19.1 Å². The third-order valence-corrected chi connectivity index (χ3v) is 2.64. The molecular weight excluding hydrogens is 204 g/mol.